The molecular formula is C21H28N4O. The Hall–Kier alpha value is -2.40. The number of amides is 1. The zero-order valence-electron chi connectivity index (χ0n) is 15.5. The van der Waals surface area contributed by atoms with Crippen molar-refractivity contribution in [2.75, 3.05) is 44.6 Å². The van der Waals surface area contributed by atoms with E-state index in [0.717, 1.165) is 57.9 Å². The number of pyridine rings is 1. The highest BCUT2D eigenvalue weighted by Gasteiger charge is 2.21. The van der Waals surface area contributed by atoms with E-state index in [4.69, 9.17) is 0 Å². The second kappa shape index (κ2) is 9.34. The molecule has 5 nitrogen and oxygen atoms in total. The predicted molar refractivity (Wildman–Crippen MR) is 106 cm³/mol. The van der Waals surface area contributed by atoms with Crippen molar-refractivity contribution in [3.8, 4) is 0 Å². The minimum atomic E-state index is 0.0869. The number of aryl methyl sites for hydroxylation is 1. The van der Waals surface area contributed by atoms with E-state index in [1.807, 2.05) is 23.1 Å². The number of nitrogens with one attached hydrogen (secondary N) is 1. The van der Waals surface area contributed by atoms with Crippen molar-refractivity contribution in [2.24, 2.45) is 0 Å². The third kappa shape index (κ3) is 5.05. The standard InChI is InChI=1S/C21H28N4O/c1-2-24-13-15-25(16-14-24)21(26)19-10-11-20(23-17-19)22-12-6-9-18-7-4-3-5-8-18/h3-5,7-8,10-11,17H,2,6,9,12-16H2,1H3,(H,22,23). The molecular weight excluding hydrogens is 324 g/mol. The quantitative estimate of drug-likeness (QED) is 0.779. The van der Waals surface area contributed by atoms with Crippen molar-refractivity contribution in [1.29, 1.82) is 0 Å². The lowest BCUT2D eigenvalue weighted by Gasteiger charge is -2.34. The first kappa shape index (κ1) is 18.4. The van der Waals surface area contributed by atoms with Crippen molar-refractivity contribution in [2.45, 2.75) is 19.8 Å². The van der Waals surface area contributed by atoms with Gasteiger partial charge in [-0.3, -0.25) is 4.79 Å². The molecule has 5 heteroatoms. The Balaban J connectivity index is 1.43. The summed E-state index contributed by atoms with van der Waals surface area (Å²) >= 11 is 0. The van der Waals surface area contributed by atoms with Gasteiger partial charge in [0.15, 0.2) is 0 Å². The summed E-state index contributed by atoms with van der Waals surface area (Å²) < 4.78 is 0. The van der Waals surface area contributed by atoms with E-state index >= 15 is 0 Å². The van der Waals surface area contributed by atoms with Gasteiger partial charge in [-0.15, -0.1) is 0 Å². The van der Waals surface area contributed by atoms with E-state index in [1.54, 1.807) is 6.20 Å². The molecule has 3 rings (SSSR count). The maximum atomic E-state index is 12.6. The molecule has 1 N–H and O–H groups in total. The number of carbonyl (C=O) groups is 1. The van der Waals surface area contributed by atoms with Gasteiger partial charge in [0.2, 0.25) is 0 Å². The second-order valence-corrected chi connectivity index (χ2v) is 6.67. The summed E-state index contributed by atoms with van der Waals surface area (Å²) in [6, 6.07) is 14.3. The number of nitrogens with zero attached hydrogens (tertiary/aromatic N) is 3. The molecule has 0 unspecified atom stereocenters. The Kier molecular flexibility index (Phi) is 6.61. The molecule has 1 aromatic heterocycles. The van der Waals surface area contributed by atoms with Crippen LogP contribution < -0.4 is 5.32 Å². The molecule has 1 saturated heterocycles. The monoisotopic (exact) mass is 352 g/mol. The topological polar surface area (TPSA) is 48.5 Å². The molecule has 0 aliphatic carbocycles. The smallest absolute Gasteiger partial charge is 0.255 e. The van der Waals surface area contributed by atoms with Crippen LogP contribution in [0.1, 0.15) is 29.3 Å². The summed E-state index contributed by atoms with van der Waals surface area (Å²) in [5.41, 5.74) is 2.02. The van der Waals surface area contributed by atoms with Gasteiger partial charge < -0.3 is 15.1 Å². The lowest BCUT2D eigenvalue weighted by atomic mass is 10.1. The molecule has 2 heterocycles. The average molecular weight is 352 g/mol. The normalized spacial score (nSPS) is 15.0. The lowest BCUT2D eigenvalue weighted by molar-refractivity contribution is 0.0643. The number of carbonyl (C=O) groups excluding carboxylic acids is 1. The van der Waals surface area contributed by atoms with Gasteiger partial charge in [0.05, 0.1) is 5.56 Å². The van der Waals surface area contributed by atoms with Crippen molar-refractivity contribution in [3.63, 3.8) is 0 Å². The predicted octanol–water partition coefficient (Wildman–Crippen LogP) is 2.90. The van der Waals surface area contributed by atoms with Gasteiger partial charge >= 0.3 is 0 Å². The fourth-order valence-corrected chi connectivity index (χ4v) is 3.23. The Morgan fingerprint density at radius 2 is 1.85 bits per heavy atom. The number of piperazine rings is 1. The molecule has 0 spiro atoms. The summed E-state index contributed by atoms with van der Waals surface area (Å²) in [4.78, 5) is 21.3. The molecule has 26 heavy (non-hydrogen) atoms. The van der Waals surface area contributed by atoms with Crippen LogP contribution in [-0.4, -0.2) is 60.0 Å². The van der Waals surface area contributed by atoms with Gasteiger partial charge in [0, 0.05) is 38.9 Å². The van der Waals surface area contributed by atoms with Crippen molar-refractivity contribution in [3.05, 3.63) is 59.8 Å². The summed E-state index contributed by atoms with van der Waals surface area (Å²) in [6.45, 7) is 7.58. The minimum absolute atomic E-state index is 0.0869. The van der Waals surface area contributed by atoms with Crippen LogP contribution in [0.2, 0.25) is 0 Å². The van der Waals surface area contributed by atoms with E-state index in [-0.39, 0.29) is 5.91 Å². The zero-order chi connectivity index (χ0) is 18.2. The van der Waals surface area contributed by atoms with Gasteiger partial charge in [0.1, 0.15) is 5.82 Å². The number of hydrogen-bond acceptors (Lipinski definition) is 4. The molecule has 0 saturated carbocycles. The molecule has 0 atom stereocenters. The lowest BCUT2D eigenvalue weighted by Crippen LogP contribution is -2.48. The van der Waals surface area contributed by atoms with Crippen LogP contribution in [0.5, 0.6) is 0 Å². The van der Waals surface area contributed by atoms with Crippen molar-refractivity contribution >= 4 is 11.7 Å². The van der Waals surface area contributed by atoms with Gasteiger partial charge in [-0.05, 0) is 37.1 Å². The second-order valence-electron chi connectivity index (χ2n) is 6.67. The highest BCUT2D eigenvalue weighted by Crippen LogP contribution is 2.11. The van der Waals surface area contributed by atoms with E-state index < -0.39 is 0 Å². The van der Waals surface area contributed by atoms with Crippen LogP contribution in [0.25, 0.3) is 0 Å². The Morgan fingerprint density at radius 1 is 1.08 bits per heavy atom. The van der Waals surface area contributed by atoms with Gasteiger partial charge in [-0.1, -0.05) is 37.3 Å². The van der Waals surface area contributed by atoms with Crippen LogP contribution in [0, 0.1) is 0 Å². The molecule has 138 valence electrons. The van der Waals surface area contributed by atoms with Crippen molar-refractivity contribution in [1.82, 2.24) is 14.8 Å². The highest BCUT2D eigenvalue weighted by molar-refractivity contribution is 5.94. The van der Waals surface area contributed by atoms with Crippen LogP contribution in [-0.2, 0) is 6.42 Å². The van der Waals surface area contributed by atoms with Crippen LogP contribution in [0.15, 0.2) is 48.7 Å². The number of hydrogen-bond donors (Lipinski definition) is 1. The Morgan fingerprint density at radius 3 is 2.50 bits per heavy atom. The number of aromatic nitrogens is 1. The number of anilines is 1. The first-order chi connectivity index (χ1) is 12.8. The minimum Gasteiger partial charge on any atom is -0.370 e. The molecule has 2 aromatic rings. The number of rotatable bonds is 7. The van der Waals surface area contributed by atoms with Crippen LogP contribution >= 0.6 is 0 Å². The largest absolute Gasteiger partial charge is 0.370 e. The van der Waals surface area contributed by atoms with Crippen molar-refractivity contribution < 1.29 is 4.79 Å². The summed E-state index contributed by atoms with van der Waals surface area (Å²) in [5, 5.41) is 3.33. The van der Waals surface area contributed by atoms with Crippen LogP contribution in [0.3, 0.4) is 0 Å². The highest BCUT2D eigenvalue weighted by atomic mass is 16.2. The average Bonchev–Trinajstić information content (AvgIpc) is 2.72. The maximum Gasteiger partial charge on any atom is 0.255 e. The van der Waals surface area contributed by atoms with E-state index in [9.17, 15) is 4.79 Å². The fourth-order valence-electron chi connectivity index (χ4n) is 3.23. The summed E-state index contributed by atoms with van der Waals surface area (Å²) in [7, 11) is 0. The summed E-state index contributed by atoms with van der Waals surface area (Å²) in [5.74, 6) is 0.911. The molecule has 0 radical (unpaired) electrons. The first-order valence-corrected chi connectivity index (χ1v) is 9.51. The van der Waals surface area contributed by atoms with Gasteiger partial charge in [-0.25, -0.2) is 4.98 Å². The Bertz CT molecular complexity index is 679. The molecule has 1 aromatic carbocycles. The first-order valence-electron chi connectivity index (χ1n) is 9.51. The fraction of sp³-hybridized carbons (Fsp3) is 0.429. The third-order valence-electron chi connectivity index (χ3n) is 4.91. The summed E-state index contributed by atoms with van der Waals surface area (Å²) in [6.07, 6.45) is 3.79. The van der Waals surface area contributed by atoms with Crippen LogP contribution in [0.4, 0.5) is 5.82 Å². The number of likely N-dealkylation sites (N-methyl/N-ethyl adjacent to an activating group) is 1. The van der Waals surface area contributed by atoms with E-state index in [0.29, 0.717) is 5.56 Å². The zero-order valence-corrected chi connectivity index (χ0v) is 15.5. The molecule has 1 fully saturated rings. The van der Waals surface area contributed by atoms with E-state index in [1.165, 1.54) is 5.56 Å². The Labute approximate surface area is 156 Å². The van der Waals surface area contributed by atoms with E-state index in [2.05, 4.69) is 46.4 Å². The molecule has 1 aliphatic rings. The number of benzene rings is 1. The molecule has 1 aliphatic heterocycles. The maximum absolute atomic E-state index is 12.6. The van der Waals surface area contributed by atoms with Gasteiger partial charge in [0.25, 0.3) is 5.91 Å². The van der Waals surface area contributed by atoms with Gasteiger partial charge in [-0.2, -0.15) is 0 Å². The molecule has 1 amide bonds. The SMILES string of the molecule is CCN1CCN(C(=O)c2ccc(NCCCc3ccccc3)nc2)CC1. The molecule has 0 bridgehead atoms. The third-order valence-corrected chi connectivity index (χ3v) is 4.91.